The van der Waals surface area contributed by atoms with Gasteiger partial charge in [0.15, 0.2) is 0 Å². The topological polar surface area (TPSA) is 110 Å². The van der Waals surface area contributed by atoms with Gasteiger partial charge >= 0.3 is 0 Å². The highest BCUT2D eigenvalue weighted by Gasteiger charge is 2.20. The lowest BCUT2D eigenvalue weighted by molar-refractivity contribution is 0.0962. The fourth-order valence-electron chi connectivity index (χ4n) is 2.35. The first kappa shape index (κ1) is 18.5. The van der Waals surface area contributed by atoms with E-state index in [4.69, 9.17) is 5.73 Å². The second-order valence-electron chi connectivity index (χ2n) is 5.86. The highest BCUT2D eigenvalue weighted by Crippen LogP contribution is 2.17. The Balaban J connectivity index is 2.75. The summed E-state index contributed by atoms with van der Waals surface area (Å²) in [6.07, 6.45) is 0.482. The SMILES string of the molecule is CCn1c(N)c(C(=O)NC)c(=O)c2ccc(C#CC(C)(O)CC)nc21. The Morgan fingerprint density at radius 2 is 2.12 bits per heavy atom. The predicted molar refractivity (Wildman–Crippen MR) is 97.3 cm³/mol. The molecule has 2 heterocycles. The zero-order chi connectivity index (χ0) is 18.8. The second kappa shape index (κ2) is 6.95. The normalized spacial score (nSPS) is 13.0. The quantitative estimate of drug-likeness (QED) is 0.717. The third-order valence-corrected chi connectivity index (χ3v) is 4.07. The minimum Gasteiger partial charge on any atom is -0.384 e. The van der Waals surface area contributed by atoms with Crippen molar-refractivity contribution in [2.75, 3.05) is 12.8 Å². The van der Waals surface area contributed by atoms with Gasteiger partial charge in [-0.25, -0.2) is 4.98 Å². The number of carbonyl (C=O) groups is 1. The highest BCUT2D eigenvalue weighted by molar-refractivity contribution is 6.01. The number of nitrogens with one attached hydrogen (secondary N) is 1. The Morgan fingerprint density at radius 3 is 2.68 bits per heavy atom. The molecule has 0 spiro atoms. The zero-order valence-electron chi connectivity index (χ0n) is 14.8. The van der Waals surface area contributed by atoms with Crippen molar-refractivity contribution in [3.8, 4) is 11.8 Å². The number of aromatic nitrogens is 2. The lowest BCUT2D eigenvalue weighted by atomic mass is 10.0. The van der Waals surface area contributed by atoms with Crippen molar-refractivity contribution in [1.29, 1.82) is 0 Å². The number of anilines is 1. The van der Waals surface area contributed by atoms with E-state index in [9.17, 15) is 14.7 Å². The molecule has 1 unspecified atom stereocenters. The van der Waals surface area contributed by atoms with E-state index in [0.717, 1.165) is 0 Å². The largest absolute Gasteiger partial charge is 0.384 e. The van der Waals surface area contributed by atoms with Gasteiger partial charge < -0.3 is 20.7 Å². The van der Waals surface area contributed by atoms with Crippen LogP contribution in [0.25, 0.3) is 11.0 Å². The lowest BCUT2D eigenvalue weighted by Gasteiger charge is -2.15. The maximum atomic E-state index is 12.6. The molecule has 0 saturated carbocycles. The number of aliphatic hydroxyl groups is 1. The number of hydrogen-bond donors (Lipinski definition) is 3. The van der Waals surface area contributed by atoms with Crippen molar-refractivity contribution in [1.82, 2.24) is 14.9 Å². The number of rotatable bonds is 3. The van der Waals surface area contributed by atoms with Crippen LogP contribution in [0.1, 0.15) is 43.2 Å². The van der Waals surface area contributed by atoms with Crippen molar-refractivity contribution in [2.24, 2.45) is 0 Å². The van der Waals surface area contributed by atoms with Gasteiger partial charge in [-0.2, -0.15) is 0 Å². The average molecular weight is 342 g/mol. The first-order chi connectivity index (χ1) is 11.8. The fraction of sp³-hybridized carbons (Fsp3) is 0.389. The van der Waals surface area contributed by atoms with E-state index >= 15 is 0 Å². The summed E-state index contributed by atoms with van der Waals surface area (Å²) in [5.74, 6) is 5.11. The molecule has 7 nitrogen and oxygen atoms in total. The molecule has 1 amide bonds. The Bertz CT molecular complexity index is 949. The molecule has 0 bridgehead atoms. The van der Waals surface area contributed by atoms with Crippen LogP contribution in [0, 0.1) is 11.8 Å². The predicted octanol–water partition coefficient (Wildman–Crippen LogP) is 0.871. The van der Waals surface area contributed by atoms with E-state index in [0.29, 0.717) is 29.7 Å². The molecule has 0 saturated heterocycles. The van der Waals surface area contributed by atoms with Crippen LogP contribution in [0.15, 0.2) is 16.9 Å². The number of nitrogen functional groups attached to an aromatic ring is 1. The summed E-state index contributed by atoms with van der Waals surface area (Å²) in [4.78, 5) is 29.0. The molecule has 1 atom stereocenters. The number of aryl methyl sites for hydroxylation is 1. The van der Waals surface area contributed by atoms with Crippen LogP contribution in [-0.2, 0) is 6.54 Å². The molecule has 0 fully saturated rings. The maximum absolute atomic E-state index is 12.6. The third-order valence-electron chi connectivity index (χ3n) is 4.07. The van der Waals surface area contributed by atoms with Gasteiger partial charge in [-0.3, -0.25) is 9.59 Å². The molecule has 25 heavy (non-hydrogen) atoms. The average Bonchev–Trinajstić information content (AvgIpc) is 2.60. The van der Waals surface area contributed by atoms with E-state index in [-0.39, 0.29) is 11.4 Å². The van der Waals surface area contributed by atoms with E-state index in [1.54, 1.807) is 23.6 Å². The molecule has 2 aromatic rings. The molecule has 7 heteroatoms. The molecule has 132 valence electrons. The van der Waals surface area contributed by atoms with Gasteiger partial charge in [0.05, 0.1) is 5.39 Å². The zero-order valence-corrected chi connectivity index (χ0v) is 14.8. The summed E-state index contributed by atoms with van der Waals surface area (Å²) in [6.45, 7) is 5.73. The molecule has 0 aliphatic heterocycles. The fourth-order valence-corrected chi connectivity index (χ4v) is 2.35. The summed E-state index contributed by atoms with van der Waals surface area (Å²) in [7, 11) is 1.44. The third kappa shape index (κ3) is 3.49. The van der Waals surface area contributed by atoms with E-state index < -0.39 is 16.9 Å². The number of nitrogens with zero attached hydrogens (tertiary/aromatic N) is 2. The molecule has 2 aromatic heterocycles. The molecule has 0 radical (unpaired) electrons. The smallest absolute Gasteiger partial charge is 0.258 e. The van der Waals surface area contributed by atoms with Gasteiger partial charge in [0.1, 0.15) is 28.3 Å². The van der Waals surface area contributed by atoms with Crippen LogP contribution in [0.5, 0.6) is 0 Å². The van der Waals surface area contributed by atoms with Crippen LogP contribution in [0.3, 0.4) is 0 Å². The van der Waals surface area contributed by atoms with Gasteiger partial charge in [-0.15, -0.1) is 0 Å². The van der Waals surface area contributed by atoms with Gasteiger partial charge in [0.2, 0.25) is 5.43 Å². The minimum absolute atomic E-state index is 0.0671. The Hall–Kier alpha value is -2.85. The molecular weight excluding hydrogens is 320 g/mol. The van der Waals surface area contributed by atoms with Crippen LogP contribution < -0.4 is 16.5 Å². The first-order valence-corrected chi connectivity index (χ1v) is 8.06. The van der Waals surface area contributed by atoms with Crippen LogP contribution in [-0.4, -0.2) is 33.2 Å². The van der Waals surface area contributed by atoms with Gasteiger partial charge in [0.25, 0.3) is 5.91 Å². The van der Waals surface area contributed by atoms with Crippen LogP contribution in [0.4, 0.5) is 5.82 Å². The molecule has 0 aliphatic carbocycles. The lowest BCUT2D eigenvalue weighted by Crippen LogP contribution is -2.30. The number of amides is 1. The van der Waals surface area contributed by atoms with Gasteiger partial charge in [-0.1, -0.05) is 12.8 Å². The summed E-state index contributed by atoms with van der Waals surface area (Å²) in [5.41, 5.74) is 5.14. The minimum atomic E-state index is -1.11. The van der Waals surface area contributed by atoms with Crippen molar-refractivity contribution in [2.45, 2.75) is 39.3 Å². The van der Waals surface area contributed by atoms with Crippen molar-refractivity contribution in [3.63, 3.8) is 0 Å². The molecule has 0 aliphatic rings. The standard InChI is InChI=1S/C18H22N4O3/c1-5-18(3,25)10-9-11-7-8-12-14(23)13(17(24)20-4)15(19)22(6-2)16(12)21-11/h7-8,25H,5-6,19H2,1-4H3,(H,20,24). The van der Waals surface area contributed by atoms with E-state index in [1.165, 1.54) is 7.05 Å². The monoisotopic (exact) mass is 342 g/mol. The van der Waals surface area contributed by atoms with Crippen LogP contribution >= 0.6 is 0 Å². The van der Waals surface area contributed by atoms with E-state index in [1.807, 2.05) is 13.8 Å². The number of nitrogens with two attached hydrogens (primary N) is 1. The summed E-state index contributed by atoms with van der Waals surface area (Å²) in [5, 5.41) is 12.7. The molecule has 0 aromatic carbocycles. The summed E-state index contributed by atoms with van der Waals surface area (Å²) in [6, 6.07) is 3.17. The van der Waals surface area contributed by atoms with Gasteiger partial charge in [-0.05, 0) is 38.3 Å². The van der Waals surface area contributed by atoms with E-state index in [2.05, 4.69) is 22.1 Å². The van der Waals surface area contributed by atoms with Crippen molar-refractivity contribution >= 4 is 22.8 Å². The number of pyridine rings is 2. The Kier molecular flexibility index (Phi) is 5.14. The van der Waals surface area contributed by atoms with Crippen LogP contribution in [0.2, 0.25) is 0 Å². The molecular formula is C18H22N4O3. The number of carbonyl (C=O) groups excluding carboxylic acids is 1. The Morgan fingerprint density at radius 1 is 1.44 bits per heavy atom. The number of hydrogen-bond acceptors (Lipinski definition) is 5. The summed E-state index contributed by atoms with van der Waals surface area (Å²) < 4.78 is 1.60. The van der Waals surface area contributed by atoms with Crippen molar-refractivity contribution in [3.05, 3.63) is 33.6 Å². The highest BCUT2D eigenvalue weighted by atomic mass is 16.3. The Labute approximate surface area is 145 Å². The molecule has 4 N–H and O–H groups in total. The number of fused-ring (bicyclic) bond motifs is 1. The van der Waals surface area contributed by atoms with Crippen molar-refractivity contribution < 1.29 is 9.90 Å². The first-order valence-electron chi connectivity index (χ1n) is 8.06. The molecule has 2 rings (SSSR count). The maximum Gasteiger partial charge on any atom is 0.258 e. The second-order valence-corrected chi connectivity index (χ2v) is 5.86. The summed E-state index contributed by atoms with van der Waals surface area (Å²) >= 11 is 0. The van der Waals surface area contributed by atoms with Gasteiger partial charge in [0, 0.05) is 13.6 Å².